The molecule has 0 bridgehead atoms. The zero-order chi connectivity index (χ0) is 18.2. The van der Waals surface area contributed by atoms with E-state index in [9.17, 15) is 4.79 Å². The summed E-state index contributed by atoms with van der Waals surface area (Å²) in [5.74, 6) is 1.15. The highest BCUT2D eigenvalue weighted by atomic mass is 32.1. The average Bonchev–Trinajstić information content (AvgIpc) is 3.23. The summed E-state index contributed by atoms with van der Waals surface area (Å²) in [5.41, 5.74) is 0.907. The van der Waals surface area contributed by atoms with Crippen molar-refractivity contribution in [3.05, 3.63) is 29.6 Å². The molecule has 1 amide bonds. The van der Waals surface area contributed by atoms with Crippen molar-refractivity contribution in [2.75, 3.05) is 37.7 Å². The fourth-order valence-electron chi connectivity index (χ4n) is 3.09. The van der Waals surface area contributed by atoms with Crippen molar-refractivity contribution >= 4 is 23.1 Å². The standard InChI is InChI=1S/C19H26N4O2S/c1-2-25-13-4-10-20-19(24)15-8-11-23(12-9-15)18-7-6-16(21-22-18)17-5-3-14-26-17/h3,5-7,14-15H,2,4,8-13H2,1H3,(H,20,24). The van der Waals surface area contributed by atoms with E-state index in [0.717, 1.165) is 55.3 Å². The molecular weight excluding hydrogens is 348 g/mol. The van der Waals surface area contributed by atoms with E-state index in [-0.39, 0.29) is 11.8 Å². The highest BCUT2D eigenvalue weighted by Gasteiger charge is 2.25. The van der Waals surface area contributed by atoms with Crippen molar-refractivity contribution in [3.8, 4) is 10.6 Å². The minimum atomic E-state index is 0.0942. The molecule has 0 radical (unpaired) electrons. The topological polar surface area (TPSA) is 67.3 Å². The molecule has 2 aromatic heterocycles. The van der Waals surface area contributed by atoms with Crippen LogP contribution in [0.4, 0.5) is 5.82 Å². The Morgan fingerprint density at radius 1 is 1.31 bits per heavy atom. The summed E-state index contributed by atoms with van der Waals surface area (Å²) in [6, 6.07) is 8.11. The second-order valence-corrected chi connectivity index (χ2v) is 7.30. The van der Waals surface area contributed by atoms with E-state index in [0.29, 0.717) is 13.2 Å². The number of rotatable bonds is 8. The molecule has 26 heavy (non-hydrogen) atoms. The highest BCUT2D eigenvalue weighted by molar-refractivity contribution is 7.13. The van der Waals surface area contributed by atoms with Gasteiger partial charge >= 0.3 is 0 Å². The normalized spacial score (nSPS) is 15.2. The van der Waals surface area contributed by atoms with Crippen LogP contribution in [0.5, 0.6) is 0 Å². The fraction of sp³-hybridized carbons (Fsp3) is 0.526. The maximum atomic E-state index is 12.3. The molecule has 0 aliphatic carbocycles. The van der Waals surface area contributed by atoms with E-state index in [1.54, 1.807) is 11.3 Å². The number of anilines is 1. The van der Waals surface area contributed by atoms with Crippen molar-refractivity contribution in [2.45, 2.75) is 26.2 Å². The number of ether oxygens (including phenoxy) is 1. The summed E-state index contributed by atoms with van der Waals surface area (Å²) >= 11 is 1.66. The maximum absolute atomic E-state index is 12.3. The molecule has 0 atom stereocenters. The minimum Gasteiger partial charge on any atom is -0.382 e. The quantitative estimate of drug-likeness (QED) is 0.720. The second kappa shape index (κ2) is 9.64. The van der Waals surface area contributed by atoms with Crippen LogP contribution in [0.3, 0.4) is 0 Å². The van der Waals surface area contributed by atoms with Gasteiger partial charge < -0.3 is 15.0 Å². The van der Waals surface area contributed by atoms with Crippen LogP contribution >= 0.6 is 11.3 Å². The molecule has 0 saturated carbocycles. The Balaban J connectivity index is 1.44. The van der Waals surface area contributed by atoms with E-state index in [4.69, 9.17) is 4.74 Å². The molecule has 7 heteroatoms. The lowest BCUT2D eigenvalue weighted by Gasteiger charge is -2.31. The summed E-state index contributed by atoms with van der Waals surface area (Å²) in [6.45, 7) is 5.77. The van der Waals surface area contributed by atoms with Gasteiger partial charge in [-0.1, -0.05) is 6.07 Å². The molecule has 0 unspecified atom stereocenters. The van der Waals surface area contributed by atoms with Crippen LogP contribution in [-0.4, -0.2) is 49.0 Å². The second-order valence-electron chi connectivity index (χ2n) is 6.36. The van der Waals surface area contributed by atoms with E-state index < -0.39 is 0 Å². The molecule has 1 N–H and O–H groups in total. The smallest absolute Gasteiger partial charge is 0.223 e. The Morgan fingerprint density at radius 2 is 2.15 bits per heavy atom. The van der Waals surface area contributed by atoms with E-state index in [2.05, 4.69) is 20.4 Å². The van der Waals surface area contributed by atoms with Gasteiger partial charge in [-0.15, -0.1) is 21.5 Å². The lowest BCUT2D eigenvalue weighted by Crippen LogP contribution is -2.41. The van der Waals surface area contributed by atoms with Crippen molar-refractivity contribution in [3.63, 3.8) is 0 Å². The maximum Gasteiger partial charge on any atom is 0.223 e. The number of thiophene rings is 1. The molecule has 140 valence electrons. The van der Waals surface area contributed by atoms with Gasteiger partial charge in [-0.3, -0.25) is 4.79 Å². The van der Waals surface area contributed by atoms with Crippen LogP contribution in [0.25, 0.3) is 10.6 Å². The first-order chi connectivity index (χ1) is 12.8. The first kappa shape index (κ1) is 18.8. The van der Waals surface area contributed by atoms with Crippen LogP contribution in [0.15, 0.2) is 29.6 Å². The lowest BCUT2D eigenvalue weighted by atomic mass is 9.96. The molecule has 1 aliphatic heterocycles. The van der Waals surface area contributed by atoms with Gasteiger partial charge in [0.15, 0.2) is 5.82 Å². The van der Waals surface area contributed by atoms with Crippen molar-refractivity contribution in [1.82, 2.24) is 15.5 Å². The van der Waals surface area contributed by atoms with Crippen LogP contribution < -0.4 is 10.2 Å². The summed E-state index contributed by atoms with van der Waals surface area (Å²) < 4.78 is 5.29. The number of carbonyl (C=O) groups is 1. The lowest BCUT2D eigenvalue weighted by molar-refractivity contribution is -0.125. The third kappa shape index (κ3) is 5.02. The molecule has 6 nitrogen and oxygen atoms in total. The van der Waals surface area contributed by atoms with Gasteiger partial charge in [0.2, 0.25) is 5.91 Å². The molecule has 0 spiro atoms. The molecule has 3 heterocycles. The number of nitrogens with one attached hydrogen (secondary N) is 1. The van der Waals surface area contributed by atoms with Gasteiger partial charge in [0, 0.05) is 38.8 Å². The van der Waals surface area contributed by atoms with E-state index >= 15 is 0 Å². The summed E-state index contributed by atoms with van der Waals surface area (Å²) in [4.78, 5) is 15.6. The molecule has 2 aromatic rings. The van der Waals surface area contributed by atoms with Gasteiger partial charge in [-0.05, 0) is 49.8 Å². The summed E-state index contributed by atoms with van der Waals surface area (Å²) in [7, 11) is 0. The Kier molecular flexibility index (Phi) is 6.96. The largest absolute Gasteiger partial charge is 0.382 e. The molecule has 1 saturated heterocycles. The number of hydrogen-bond acceptors (Lipinski definition) is 6. The van der Waals surface area contributed by atoms with Crippen LogP contribution in [0.1, 0.15) is 26.2 Å². The van der Waals surface area contributed by atoms with E-state index in [1.165, 1.54) is 0 Å². The molecular formula is C19H26N4O2S. The Bertz CT molecular complexity index is 667. The first-order valence-electron chi connectivity index (χ1n) is 9.26. The number of hydrogen-bond donors (Lipinski definition) is 1. The molecule has 1 aliphatic rings. The molecule has 3 rings (SSSR count). The van der Waals surface area contributed by atoms with Gasteiger partial charge in [0.05, 0.1) is 4.88 Å². The number of piperidine rings is 1. The minimum absolute atomic E-state index is 0.0942. The monoisotopic (exact) mass is 374 g/mol. The zero-order valence-electron chi connectivity index (χ0n) is 15.2. The average molecular weight is 375 g/mol. The molecule has 1 fully saturated rings. The summed E-state index contributed by atoms with van der Waals surface area (Å²) in [6.07, 6.45) is 2.57. The van der Waals surface area contributed by atoms with Gasteiger partial charge in [0.1, 0.15) is 5.69 Å². The third-order valence-electron chi connectivity index (χ3n) is 4.58. The van der Waals surface area contributed by atoms with Crippen molar-refractivity contribution < 1.29 is 9.53 Å². The van der Waals surface area contributed by atoms with Gasteiger partial charge in [-0.2, -0.15) is 0 Å². The zero-order valence-corrected chi connectivity index (χ0v) is 16.0. The highest BCUT2D eigenvalue weighted by Crippen LogP contribution is 2.25. The number of amides is 1. The Hall–Kier alpha value is -1.99. The van der Waals surface area contributed by atoms with Crippen molar-refractivity contribution in [2.24, 2.45) is 5.92 Å². The summed E-state index contributed by atoms with van der Waals surface area (Å²) in [5, 5.41) is 13.8. The SMILES string of the molecule is CCOCCCNC(=O)C1CCN(c2ccc(-c3cccs3)nn2)CC1. The number of nitrogens with zero attached hydrogens (tertiary/aromatic N) is 3. The van der Waals surface area contributed by atoms with Gasteiger partial charge in [-0.25, -0.2) is 0 Å². The number of aromatic nitrogens is 2. The Morgan fingerprint density at radius 3 is 2.81 bits per heavy atom. The Labute approximate surface area is 158 Å². The van der Waals surface area contributed by atoms with E-state index in [1.807, 2.05) is 36.6 Å². The van der Waals surface area contributed by atoms with Crippen LogP contribution in [-0.2, 0) is 9.53 Å². The predicted molar refractivity (Wildman–Crippen MR) is 104 cm³/mol. The van der Waals surface area contributed by atoms with Crippen molar-refractivity contribution in [1.29, 1.82) is 0 Å². The first-order valence-corrected chi connectivity index (χ1v) is 10.1. The fourth-order valence-corrected chi connectivity index (χ4v) is 3.79. The van der Waals surface area contributed by atoms with Crippen LogP contribution in [0.2, 0.25) is 0 Å². The third-order valence-corrected chi connectivity index (χ3v) is 5.48. The number of carbonyl (C=O) groups excluding carboxylic acids is 1. The molecule has 0 aromatic carbocycles. The predicted octanol–water partition coefficient (Wildman–Crippen LogP) is 2.96. The van der Waals surface area contributed by atoms with Crippen LogP contribution in [0, 0.1) is 5.92 Å². The van der Waals surface area contributed by atoms with Gasteiger partial charge in [0.25, 0.3) is 0 Å².